The Labute approximate surface area is 109 Å². The molecular weight excluding hydrogens is 232 g/mol. The zero-order valence-corrected chi connectivity index (χ0v) is 11.7. The van der Waals surface area contributed by atoms with Crippen LogP contribution >= 0.6 is 0 Å². The van der Waals surface area contributed by atoms with Crippen LogP contribution in [0.2, 0.25) is 0 Å². The number of amides is 1. The summed E-state index contributed by atoms with van der Waals surface area (Å²) in [6.45, 7) is 5.98. The third kappa shape index (κ3) is 5.49. The first-order chi connectivity index (χ1) is 8.39. The number of nitrogens with two attached hydrogens (primary N) is 1. The fourth-order valence-electron chi connectivity index (χ4n) is 1.79. The Balaban J connectivity index is 4.22. The second kappa shape index (κ2) is 8.08. The van der Waals surface area contributed by atoms with Crippen LogP contribution in [-0.2, 0) is 9.59 Å². The first kappa shape index (κ1) is 16.9. The van der Waals surface area contributed by atoms with E-state index in [4.69, 9.17) is 10.8 Å². The zero-order valence-electron chi connectivity index (χ0n) is 11.7. The number of nitrogens with one attached hydrogen (secondary N) is 1. The fraction of sp³-hybridized carbons (Fsp3) is 0.846. The number of rotatable bonds is 9. The van der Waals surface area contributed by atoms with E-state index in [0.717, 1.165) is 19.3 Å². The molecule has 0 aromatic rings. The summed E-state index contributed by atoms with van der Waals surface area (Å²) in [5.74, 6) is -0.747. The van der Waals surface area contributed by atoms with Gasteiger partial charge in [-0.2, -0.15) is 0 Å². The van der Waals surface area contributed by atoms with Crippen LogP contribution in [0.5, 0.6) is 0 Å². The molecule has 0 saturated heterocycles. The summed E-state index contributed by atoms with van der Waals surface area (Å²) in [4.78, 5) is 22.8. The van der Waals surface area contributed by atoms with Crippen molar-refractivity contribution in [2.45, 2.75) is 58.4 Å². The molecule has 2 unspecified atom stereocenters. The average molecular weight is 258 g/mol. The molecule has 106 valence electrons. The van der Waals surface area contributed by atoms with Gasteiger partial charge in [-0.05, 0) is 38.6 Å². The molecule has 0 spiro atoms. The summed E-state index contributed by atoms with van der Waals surface area (Å²) >= 11 is 0. The molecule has 5 nitrogen and oxygen atoms in total. The molecule has 0 aliphatic heterocycles. The number of carboxylic acids is 1. The van der Waals surface area contributed by atoms with Crippen molar-refractivity contribution in [2.24, 2.45) is 11.7 Å². The Kier molecular flexibility index (Phi) is 7.59. The van der Waals surface area contributed by atoms with Gasteiger partial charge in [-0.3, -0.25) is 4.79 Å². The smallest absolute Gasteiger partial charge is 0.329 e. The van der Waals surface area contributed by atoms with Crippen molar-refractivity contribution in [3.63, 3.8) is 0 Å². The van der Waals surface area contributed by atoms with Gasteiger partial charge in [-0.15, -0.1) is 0 Å². The van der Waals surface area contributed by atoms with Crippen LogP contribution < -0.4 is 11.1 Å². The number of carbonyl (C=O) groups excluding carboxylic acids is 1. The quantitative estimate of drug-likeness (QED) is 0.584. The van der Waals surface area contributed by atoms with E-state index in [-0.39, 0.29) is 5.91 Å². The third-order valence-corrected chi connectivity index (χ3v) is 3.53. The lowest BCUT2D eigenvalue weighted by Gasteiger charge is -2.25. The van der Waals surface area contributed by atoms with Gasteiger partial charge in [-0.25, -0.2) is 4.79 Å². The predicted octanol–water partition coefficient (Wildman–Crippen LogP) is 1.51. The van der Waals surface area contributed by atoms with Gasteiger partial charge in [-0.1, -0.05) is 20.3 Å². The maximum atomic E-state index is 11.7. The Hall–Kier alpha value is -1.10. The first-order valence-electron chi connectivity index (χ1n) is 6.64. The lowest BCUT2D eigenvalue weighted by atomic mass is 9.95. The molecule has 0 aromatic heterocycles. The summed E-state index contributed by atoms with van der Waals surface area (Å²) < 4.78 is 0. The SMILES string of the molecule is CCC(CCN)CCC(=O)NC(C)(CC)C(=O)O. The van der Waals surface area contributed by atoms with Crippen LogP contribution in [0.15, 0.2) is 0 Å². The standard InChI is InChI=1S/C13H26N2O3/c1-4-10(8-9-14)6-7-11(16)15-13(3,5-2)12(17)18/h10H,4-9,14H2,1-3H3,(H,15,16)(H,17,18). The van der Waals surface area contributed by atoms with Gasteiger partial charge < -0.3 is 16.2 Å². The van der Waals surface area contributed by atoms with E-state index >= 15 is 0 Å². The largest absolute Gasteiger partial charge is 0.480 e. The van der Waals surface area contributed by atoms with Gasteiger partial charge in [0.05, 0.1) is 0 Å². The van der Waals surface area contributed by atoms with E-state index in [1.54, 1.807) is 6.92 Å². The molecule has 18 heavy (non-hydrogen) atoms. The van der Waals surface area contributed by atoms with Crippen molar-refractivity contribution in [1.29, 1.82) is 0 Å². The number of hydrogen-bond acceptors (Lipinski definition) is 3. The topological polar surface area (TPSA) is 92.4 Å². The molecule has 0 heterocycles. The number of hydrogen-bond donors (Lipinski definition) is 3. The molecule has 0 radical (unpaired) electrons. The molecule has 2 atom stereocenters. The minimum Gasteiger partial charge on any atom is -0.480 e. The van der Waals surface area contributed by atoms with Crippen LogP contribution in [0.1, 0.15) is 52.9 Å². The lowest BCUT2D eigenvalue weighted by molar-refractivity contribution is -0.147. The highest BCUT2D eigenvalue weighted by molar-refractivity contribution is 5.86. The van der Waals surface area contributed by atoms with Crippen molar-refractivity contribution >= 4 is 11.9 Å². The van der Waals surface area contributed by atoms with E-state index in [2.05, 4.69) is 12.2 Å². The average Bonchev–Trinajstić information content (AvgIpc) is 2.33. The van der Waals surface area contributed by atoms with E-state index in [9.17, 15) is 9.59 Å². The van der Waals surface area contributed by atoms with E-state index in [1.165, 1.54) is 6.92 Å². The summed E-state index contributed by atoms with van der Waals surface area (Å²) in [7, 11) is 0. The number of aliphatic carboxylic acids is 1. The minimum atomic E-state index is -1.16. The summed E-state index contributed by atoms with van der Waals surface area (Å²) in [6.07, 6.45) is 3.40. The van der Waals surface area contributed by atoms with Crippen molar-refractivity contribution in [3.05, 3.63) is 0 Å². The van der Waals surface area contributed by atoms with E-state index in [0.29, 0.717) is 25.3 Å². The Bertz CT molecular complexity index is 281. The summed E-state index contributed by atoms with van der Waals surface area (Å²) in [5.41, 5.74) is 4.34. The Morgan fingerprint density at radius 2 is 1.94 bits per heavy atom. The Morgan fingerprint density at radius 3 is 2.33 bits per heavy atom. The normalized spacial score (nSPS) is 15.8. The van der Waals surface area contributed by atoms with Gasteiger partial charge >= 0.3 is 5.97 Å². The van der Waals surface area contributed by atoms with Crippen LogP contribution in [0.3, 0.4) is 0 Å². The van der Waals surface area contributed by atoms with Gasteiger partial charge in [0, 0.05) is 6.42 Å². The Morgan fingerprint density at radius 1 is 1.33 bits per heavy atom. The molecule has 0 saturated carbocycles. The van der Waals surface area contributed by atoms with Gasteiger partial charge in [0.1, 0.15) is 5.54 Å². The molecule has 4 N–H and O–H groups in total. The van der Waals surface area contributed by atoms with Crippen molar-refractivity contribution < 1.29 is 14.7 Å². The molecule has 0 fully saturated rings. The van der Waals surface area contributed by atoms with Crippen LogP contribution in [0, 0.1) is 5.92 Å². The molecule has 5 heteroatoms. The van der Waals surface area contributed by atoms with Crippen molar-refractivity contribution in [1.82, 2.24) is 5.32 Å². The van der Waals surface area contributed by atoms with Crippen molar-refractivity contribution in [2.75, 3.05) is 6.54 Å². The summed E-state index contributed by atoms with van der Waals surface area (Å²) in [5, 5.41) is 11.7. The highest BCUT2D eigenvalue weighted by Gasteiger charge is 2.32. The van der Waals surface area contributed by atoms with Crippen LogP contribution in [-0.4, -0.2) is 29.1 Å². The molecule has 1 amide bonds. The zero-order chi connectivity index (χ0) is 14.2. The van der Waals surface area contributed by atoms with Crippen molar-refractivity contribution in [3.8, 4) is 0 Å². The molecule has 0 bridgehead atoms. The number of carboxylic acid groups (broad SMARTS) is 1. The summed E-state index contributed by atoms with van der Waals surface area (Å²) in [6, 6.07) is 0. The molecule has 0 aromatic carbocycles. The molecule has 0 rings (SSSR count). The van der Waals surface area contributed by atoms with Gasteiger partial charge in [0.15, 0.2) is 0 Å². The van der Waals surface area contributed by atoms with Gasteiger partial charge in [0.25, 0.3) is 0 Å². The van der Waals surface area contributed by atoms with E-state index < -0.39 is 11.5 Å². The molecular formula is C13H26N2O3. The minimum absolute atomic E-state index is 0.197. The fourth-order valence-corrected chi connectivity index (χ4v) is 1.79. The highest BCUT2D eigenvalue weighted by Crippen LogP contribution is 2.15. The first-order valence-corrected chi connectivity index (χ1v) is 6.64. The second-order valence-corrected chi connectivity index (χ2v) is 4.93. The number of carbonyl (C=O) groups is 2. The monoisotopic (exact) mass is 258 g/mol. The van der Waals surface area contributed by atoms with E-state index in [1.807, 2.05) is 0 Å². The lowest BCUT2D eigenvalue weighted by Crippen LogP contribution is -2.51. The maximum Gasteiger partial charge on any atom is 0.329 e. The highest BCUT2D eigenvalue weighted by atomic mass is 16.4. The molecule has 0 aliphatic carbocycles. The molecule has 0 aliphatic rings. The predicted molar refractivity (Wildman–Crippen MR) is 71.2 cm³/mol. The van der Waals surface area contributed by atoms with Crippen LogP contribution in [0.25, 0.3) is 0 Å². The maximum absolute atomic E-state index is 11.7. The second-order valence-electron chi connectivity index (χ2n) is 4.93. The van der Waals surface area contributed by atoms with Crippen LogP contribution in [0.4, 0.5) is 0 Å². The third-order valence-electron chi connectivity index (χ3n) is 3.53. The van der Waals surface area contributed by atoms with Gasteiger partial charge in [0.2, 0.25) is 5.91 Å².